The fourth-order valence-corrected chi connectivity index (χ4v) is 3.30. The highest BCUT2D eigenvalue weighted by molar-refractivity contribution is 7.80. The summed E-state index contributed by atoms with van der Waals surface area (Å²) in [5.41, 5.74) is 0. The van der Waals surface area contributed by atoms with E-state index in [1.807, 2.05) is 0 Å². The van der Waals surface area contributed by atoms with Crippen LogP contribution in [0.2, 0.25) is 0 Å². The van der Waals surface area contributed by atoms with Crippen molar-refractivity contribution in [2.24, 2.45) is 0 Å². The molecule has 0 fully saturated rings. The van der Waals surface area contributed by atoms with Gasteiger partial charge in [0.05, 0.1) is 12.7 Å². The van der Waals surface area contributed by atoms with Crippen molar-refractivity contribution in [1.82, 2.24) is 0 Å². The van der Waals surface area contributed by atoms with Crippen molar-refractivity contribution in [2.45, 2.75) is 97.0 Å². The lowest BCUT2D eigenvalue weighted by Crippen LogP contribution is -2.19. The number of ether oxygens (including phenoxy) is 1. The summed E-state index contributed by atoms with van der Waals surface area (Å²) in [6.07, 6.45) is 14.4. The van der Waals surface area contributed by atoms with Gasteiger partial charge < -0.3 is 4.74 Å². The Bertz CT molecular complexity index is 472. The number of unbranched alkanes of at least 4 members (excludes halogenated alkanes) is 8. The van der Waals surface area contributed by atoms with E-state index in [-0.39, 0.29) is 6.61 Å². The monoisotopic (exact) mass is 392 g/mol. The van der Waals surface area contributed by atoms with Crippen LogP contribution in [0.15, 0.2) is 12.2 Å². The minimum absolute atomic E-state index is 0.201. The SMILES string of the molecule is CC=CC(=O)OCCCC(CCCCCCCCCCC)OS(=O)(=O)O. The number of rotatable bonds is 17. The van der Waals surface area contributed by atoms with E-state index in [1.54, 1.807) is 13.0 Å². The zero-order chi connectivity index (χ0) is 19.7. The van der Waals surface area contributed by atoms with E-state index in [2.05, 4.69) is 6.92 Å². The van der Waals surface area contributed by atoms with E-state index < -0.39 is 22.5 Å². The zero-order valence-electron chi connectivity index (χ0n) is 16.3. The first kappa shape index (κ1) is 25.1. The lowest BCUT2D eigenvalue weighted by Gasteiger charge is -2.15. The Morgan fingerprint density at radius 1 is 0.962 bits per heavy atom. The van der Waals surface area contributed by atoms with Crippen LogP contribution in [0.3, 0.4) is 0 Å². The fraction of sp³-hybridized carbons (Fsp3) is 0.842. The third-order valence-electron chi connectivity index (χ3n) is 4.10. The highest BCUT2D eigenvalue weighted by atomic mass is 32.3. The molecule has 154 valence electrons. The summed E-state index contributed by atoms with van der Waals surface area (Å²) in [4.78, 5) is 11.2. The number of esters is 1. The molecule has 0 aromatic heterocycles. The van der Waals surface area contributed by atoms with Gasteiger partial charge in [-0.2, -0.15) is 8.42 Å². The van der Waals surface area contributed by atoms with E-state index in [9.17, 15) is 13.2 Å². The average Bonchev–Trinajstić information content (AvgIpc) is 2.56. The summed E-state index contributed by atoms with van der Waals surface area (Å²) >= 11 is 0. The summed E-state index contributed by atoms with van der Waals surface area (Å²) in [5.74, 6) is -0.418. The first-order valence-corrected chi connectivity index (χ1v) is 11.2. The molecule has 7 heteroatoms. The van der Waals surface area contributed by atoms with Gasteiger partial charge in [-0.15, -0.1) is 0 Å². The van der Waals surface area contributed by atoms with Gasteiger partial charge in [0.15, 0.2) is 0 Å². The molecule has 0 spiro atoms. The molecule has 0 aliphatic carbocycles. The van der Waals surface area contributed by atoms with E-state index in [0.29, 0.717) is 19.3 Å². The molecular weight excluding hydrogens is 356 g/mol. The first-order chi connectivity index (χ1) is 12.4. The smallest absolute Gasteiger partial charge is 0.397 e. The summed E-state index contributed by atoms with van der Waals surface area (Å²) in [7, 11) is -4.46. The van der Waals surface area contributed by atoms with Crippen molar-refractivity contribution >= 4 is 16.4 Å². The summed E-state index contributed by atoms with van der Waals surface area (Å²) in [5, 5.41) is 0. The molecule has 6 nitrogen and oxygen atoms in total. The van der Waals surface area contributed by atoms with Crippen LogP contribution < -0.4 is 0 Å². The fourth-order valence-electron chi connectivity index (χ4n) is 2.76. The quantitative estimate of drug-likeness (QED) is 0.162. The molecule has 1 atom stereocenters. The Kier molecular flexibility index (Phi) is 15.7. The Balaban J connectivity index is 3.92. The largest absolute Gasteiger partial charge is 0.463 e. The van der Waals surface area contributed by atoms with Crippen LogP contribution in [-0.2, 0) is 24.1 Å². The van der Waals surface area contributed by atoms with Gasteiger partial charge in [0.2, 0.25) is 0 Å². The van der Waals surface area contributed by atoms with Crippen LogP contribution in [0.1, 0.15) is 90.9 Å². The minimum atomic E-state index is -4.46. The van der Waals surface area contributed by atoms with Crippen LogP contribution in [0.25, 0.3) is 0 Å². The second kappa shape index (κ2) is 16.3. The molecule has 0 heterocycles. The second-order valence-electron chi connectivity index (χ2n) is 6.57. The van der Waals surface area contributed by atoms with Crippen LogP contribution in [0.4, 0.5) is 0 Å². The second-order valence-corrected chi connectivity index (χ2v) is 7.62. The molecule has 1 N–H and O–H groups in total. The highest BCUT2D eigenvalue weighted by Crippen LogP contribution is 2.16. The van der Waals surface area contributed by atoms with Crippen molar-refractivity contribution < 1.29 is 26.7 Å². The van der Waals surface area contributed by atoms with Crippen molar-refractivity contribution in [3.63, 3.8) is 0 Å². The van der Waals surface area contributed by atoms with Gasteiger partial charge in [0.1, 0.15) is 0 Å². The molecule has 1 unspecified atom stereocenters. The highest BCUT2D eigenvalue weighted by Gasteiger charge is 2.17. The van der Waals surface area contributed by atoms with Crippen molar-refractivity contribution in [3.8, 4) is 0 Å². The maximum absolute atomic E-state index is 11.2. The van der Waals surface area contributed by atoms with E-state index in [4.69, 9.17) is 13.5 Å². The number of carbonyl (C=O) groups excluding carboxylic acids is 1. The molecule has 0 aliphatic heterocycles. The third-order valence-corrected chi connectivity index (χ3v) is 4.62. The molecule has 0 bridgehead atoms. The first-order valence-electron chi connectivity index (χ1n) is 9.84. The van der Waals surface area contributed by atoms with E-state index >= 15 is 0 Å². The standard InChI is InChI=1S/C19H36O6S/c1-3-5-6-7-8-9-10-11-12-15-18(25-26(21,22)23)16-13-17-24-19(20)14-4-2/h4,14,18H,3,5-13,15-17H2,1-2H3,(H,21,22,23). The van der Waals surface area contributed by atoms with Gasteiger partial charge in [-0.05, 0) is 26.2 Å². The molecule has 0 aliphatic rings. The zero-order valence-corrected chi connectivity index (χ0v) is 17.1. The molecule has 0 aromatic carbocycles. The van der Waals surface area contributed by atoms with Gasteiger partial charge in [-0.25, -0.2) is 8.98 Å². The number of hydrogen-bond acceptors (Lipinski definition) is 5. The van der Waals surface area contributed by atoms with E-state index in [0.717, 1.165) is 19.3 Å². The van der Waals surface area contributed by atoms with Gasteiger partial charge in [-0.1, -0.05) is 70.8 Å². The van der Waals surface area contributed by atoms with E-state index in [1.165, 1.54) is 44.6 Å². The summed E-state index contributed by atoms with van der Waals surface area (Å²) < 4.78 is 40.5. The van der Waals surface area contributed by atoms with Crippen molar-refractivity contribution in [2.75, 3.05) is 6.61 Å². The molecule has 0 rings (SSSR count). The van der Waals surface area contributed by atoms with Crippen molar-refractivity contribution in [1.29, 1.82) is 0 Å². The molecule has 0 amide bonds. The minimum Gasteiger partial charge on any atom is -0.463 e. The summed E-state index contributed by atoms with van der Waals surface area (Å²) in [6.45, 7) is 4.13. The molecule has 0 aromatic rings. The molecular formula is C19H36O6S. The van der Waals surface area contributed by atoms with Crippen LogP contribution >= 0.6 is 0 Å². The van der Waals surface area contributed by atoms with Crippen LogP contribution in [-0.4, -0.2) is 31.7 Å². The number of carbonyl (C=O) groups is 1. The molecule has 26 heavy (non-hydrogen) atoms. The Morgan fingerprint density at radius 2 is 1.50 bits per heavy atom. The van der Waals surface area contributed by atoms with Gasteiger partial charge in [0, 0.05) is 6.08 Å². The third kappa shape index (κ3) is 17.9. The van der Waals surface area contributed by atoms with Crippen molar-refractivity contribution in [3.05, 3.63) is 12.2 Å². The van der Waals surface area contributed by atoms with Crippen LogP contribution in [0.5, 0.6) is 0 Å². The van der Waals surface area contributed by atoms with Gasteiger partial charge in [-0.3, -0.25) is 4.55 Å². The Morgan fingerprint density at radius 3 is 2.04 bits per heavy atom. The topological polar surface area (TPSA) is 89.9 Å². The maximum atomic E-state index is 11.2. The molecule has 0 radical (unpaired) electrons. The summed E-state index contributed by atoms with van der Waals surface area (Å²) in [6, 6.07) is 0. The number of allylic oxidation sites excluding steroid dienone is 1. The van der Waals surface area contributed by atoms with Gasteiger partial charge in [0.25, 0.3) is 0 Å². The normalized spacial score (nSPS) is 13.2. The van der Waals surface area contributed by atoms with Gasteiger partial charge >= 0.3 is 16.4 Å². The van der Waals surface area contributed by atoms with Crippen LogP contribution in [0, 0.1) is 0 Å². The predicted molar refractivity (Wildman–Crippen MR) is 103 cm³/mol. The molecule has 0 saturated heterocycles. The predicted octanol–water partition coefficient (Wildman–Crippen LogP) is 4.99. The number of hydrogen-bond donors (Lipinski definition) is 1. The molecule has 0 saturated carbocycles. The Hall–Kier alpha value is -0.920. The lowest BCUT2D eigenvalue weighted by atomic mass is 10.0. The average molecular weight is 393 g/mol. The maximum Gasteiger partial charge on any atom is 0.397 e. The lowest BCUT2D eigenvalue weighted by molar-refractivity contribution is -0.138. The Labute approximate surface area is 159 Å².